The van der Waals surface area contributed by atoms with Gasteiger partial charge < -0.3 is 14.8 Å². The van der Waals surface area contributed by atoms with E-state index in [9.17, 15) is 9.59 Å². The van der Waals surface area contributed by atoms with E-state index in [1.165, 1.54) is 0 Å². The maximum Gasteiger partial charge on any atom is 0.265 e. The number of fused-ring (bicyclic) bond motifs is 1. The van der Waals surface area contributed by atoms with Gasteiger partial charge >= 0.3 is 0 Å². The summed E-state index contributed by atoms with van der Waals surface area (Å²) >= 11 is 0. The molecule has 0 radical (unpaired) electrons. The van der Waals surface area contributed by atoms with Crippen LogP contribution in [0.4, 0.5) is 0 Å². The molecule has 0 aliphatic carbocycles. The first kappa shape index (κ1) is 17.5. The standard InChI is InChI=1S/C19H19N3O4/c1-13(14-7-3-2-4-8-14)21-22-18(23)11-20-19(24)17-12-25-15-9-5-6-10-16(15)26-17/h2-10,17H,11-12H2,1H3,(H,20,24)(H,22,23)/b21-13+. The summed E-state index contributed by atoms with van der Waals surface area (Å²) in [6.45, 7) is 1.68. The van der Waals surface area contributed by atoms with Crippen molar-refractivity contribution in [2.75, 3.05) is 13.2 Å². The fraction of sp³-hybridized carbons (Fsp3) is 0.211. The minimum atomic E-state index is -0.799. The molecule has 0 aromatic heterocycles. The maximum absolute atomic E-state index is 12.1. The molecule has 7 heteroatoms. The molecular formula is C19H19N3O4. The molecule has 1 unspecified atom stereocenters. The number of ether oxygens (including phenoxy) is 2. The van der Waals surface area contributed by atoms with E-state index in [0.29, 0.717) is 17.2 Å². The van der Waals surface area contributed by atoms with E-state index in [1.54, 1.807) is 25.1 Å². The van der Waals surface area contributed by atoms with Crippen LogP contribution in [0.25, 0.3) is 0 Å². The molecular weight excluding hydrogens is 334 g/mol. The van der Waals surface area contributed by atoms with Gasteiger partial charge in [-0.2, -0.15) is 5.10 Å². The molecule has 26 heavy (non-hydrogen) atoms. The van der Waals surface area contributed by atoms with Crippen molar-refractivity contribution in [2.24, 2.45) is 5.10 Å². The van der Waals surface area contributed by atoms with Gasteiger partial charge in [-0.1, -0.05) is 42.5 Å². The van der Waals surface area contributed by atoms with Crippen molar-refractivity contribution in [3.63, 3.8) is 0 Å². The number of nitrogens with zero attached hydrogens (tertiary/aromatic N) is 1. The summed E-state index contributed by atoms with van der Waals surface area (Å²) in [5.74, 6) is 0.260. The zero-order chi connectivity index (χ0) is 18.4. The van der Waals surface area contributed by atoms with Crippen molar-refractivity contribution in [2.45, 2.75) is 13.0 Å². The summed E-state index contributed by atoms with van der Waals surface area (Å²) in [7, 11) is 0. The second kappa shape index (κ2) is 8.15. The van der Waals surface area contributed by atoms with Gasteiger partial charge in [0, 0.05) is 0 Å². The summed E-state index contributed by atoms with van der Waals surface area (Å²) in [5, 5.41) is 6.55. The average Bonchev–Trinajstić information content (AvgIpc) is 2.70. The summed E-state index contributed by atoms with van der Waals surface area (Å²) < 4.78 is 11.1. The van der Waals surface area contributed by atoms with Crippen LogP contribution in [-0.4, -0.2) is 36.8 Å². The molecule has 0 fully saturated rings. The van der Waals surface area contributed by atoms with Gasteiger partial charge in [-0.05, 0) is 24.6 Å². The van der Waals surface area contributed by atoms with Gasteiger partial charge in [0.1, 0.15) is 6.61 Å². The number of hydrazone groups is 1. The van der Waals surface area contributed by atoms with Crippen LogP contribution in [0.5, 0.6) is 11.5 Å². The van der Waals surface area contributed by atoms with E-state index < -0.39 is 17.9 Å². The van der Waals surface area contributed by atoms with Gasteiger partial charge in [-0.25, -0.2) is 5.43 Å². The largest absolute Gasteiger partial charge is 0.485 e. The number of nitrogens with one attached hydrogen (secondary N) is 2. The molecule has 1 aliphatic heterocycles. The normalized spacial score (nSPS) is 15.9. The third-order valence-electron chi connectivity index (χ3n) is 3.76. The predicted octanol–water partition coefficient (Wildman–Crippen LogP) is 1.48. The highest BCUT2D eigenvalue weighted by atomic mass is 16.6. The molecule has 1 atom stereocenters. The number of rotatable bonds is 5. The molecule has 1 aliphatic rings. The van der Waals surface area contributed by atoms with Crippen molar-refractivity contribution in [1.82, 2.24) is 10.7 Å². The summed E-state index contributed by atoms with van der Waals surface area (Å²) in [6, 6.07) is 16.6. The van der Waals surface area contributed by atoms with Crippen molar-refractivity contribution in [1.29, 1.82) is 0 Å². The number of carbonyl (C=O) groups excluding carboxylic acids is 2. The Bertz CT molecular complexity index is 821. The molecule has 2 amide bonds. The quantitative estimate of drug-likeness (QED) is 0.629. The second-order valence-corrected chi connectivity index (χ2v) is 5.68. The number of benzene rings is 2. The van der Waals surface area contributed by atoms with Gasteiger partial charge in [0.25, 0.3) is 11.8 Å². The number of hydrogen-bond donors (Lipinski definition) is 2. The van der Waals surface area contributed by atoms with Crippen LogP contribution in [0.1, 0.15) is 12.5 Å². The van der Waals surface area contributed by atoms with Gasteiger partial charge in [-0.3, -0.25) is 9.59 Å². The molecule has 3 rings (SSSR count). The molecule has 0 saturated carbocycles. The highest BCUT2D eigenvalue weighted by Crippen LogP contribution is 2.30. The molecule has 2 aromatic rings. The Balaban J connectivity index is 1.47. The lowest BCUT2D eigenvalue weighted by Gasteiger charge is -2.25. The molecule has 1 heterocycles. The minimum Gasteiger partial charge on any atom is -0.485 e. The van der Waals surface area contributed by atoms with E-state index >= 15 is 0 Å². The first-order valence-electron chi connectivity index (χ1n) is 8.18. The smallest absolute Gasteiger partial charge is 0.265 e. The van der Waals surface area contributed by atoms with E-state index in [2.05, 4.69) is 15.8 Å². The Labute approximate surface area is 151 Å². The van der Waals surface area contributed by atoms with E-state index in [0.717, 1.165) is 5.56 Å². The summed E-state index contributed by atoms with van der Waals surface area (Å²) in [5.41, 5.74) is 4.00. The van der Waals surface area contributed by atoms with Crippen LogP contribution in [0.15, 0.2) is 59.7 Å². The molecule has 0 bridgehead atoms. The van der Waals surface area contributed by atoms with Crippen molar-refractivity contribution >= 4 is 17.5 Å². The molecule has 2 N–H and O–H groups in total. The van der Waals surface area contributed by atoms with Crippen LogP contribution in [0, 0.1) is 0 Å². The second-order valence-electron chi connectivity index (χ2n) is 5.68. The van der Waals surface area contributed by atoms with E-state index in [1.807, 2.05) is 36.4 Å². The highest BCUT2D eigenvalue weighted by Gasteiger charge is 2.27. The van der Waals surface area contributed by atoms with Gasteiger partial charge in [-0.15, -0.1) is 0 Å². The van der Waals surface area contributed by atoms with Crippen molar-refractivity contribution in [3.05, 3.63) is 60.2 Å². The van der Waals surface area contributed by atoms with Crippen LogP contribution < -0.4 is 20.2 Å². The minimum absolute atomic E-state index is 0.0930. The lowest BCUT2D eigenvalue weighted by Crippen LogP contribution is -2.46. The van der Waals surface area contributed by atoms with Gasteiger partial charge in [0.15, 0.2) is 11.5 Å². The van der Waals surface area contributed by atoms with Crippen LogP contribution >= 0.6 is 0 Å². The molecule has 0 spiro atoms. The SMILES string of the molecule is C/C(=N\NC(=O)CNC(=O)C1COc2ccccc2O1)c1ccccc1. The summed E-state index contributed by atoms with van der Waals surface area (Å²) in [6.07, 6.45) is -0.799. The van der Waals surface area contributed by atoms with Gasteiger partial charge in [0.05, 0.1) is 12.3 Å². The van der Waals surface area contributed by atoms with Crippen LogP contribution in [0.3, 0.4) is 0 Å². The van der Waals surface area contributed by atoms with E-state index in [-0.39, 0.29) is 13.2 Å². The lowest BCUT2D eigenvalue weighted by molar-refractivity contribution is -0.132. The highest BCUT2D eigenvalue weighted by molar-refractivity contribution is 5.99. The van der Waals surface area contributed by atoms with Crippen molar-refractivity contribution < 1.29 is 19.1 Å². The van der Waals surface area contributed by atoms with Crippen LogP contribution in [0.2, 0.25) is 0 Å². The topological polar surface area (TPSA) is 89.0 Å². The maximum atomic E-state index is 12.1. The van der Waals surface area contributed by atoms with Gasteiger partial charge in [0.2, 0.25) is 6.10 Å². The van der Waals surface area contributed by atoms with E-state index in [4.69, 9.17) is 9.47 Å². The molecule has 2 aromatic carbocycles. The predicted molar refractivity (Wildman–Crippen MR) is 96.2 cm³/mol. The number of hydrogen-bond acceptors (Lipinski definition) is 5. The fourth-order valence-corrected chi connectivity index (χ4v) is 2.36. The third-order valence-corrected chi connectivity index (χ3v) is 3.76. The Morgan fingerprint density at radius 3 is 2.54 bits per heavy atom. The molecule has 7 nitrogen and oxygen atoms in total. The fourth-order valence-electron chi connectivity index (χ4n) is 2.36. The number of carbonyl (C=O) groups is 2. The average molecular weight is 353 g/mol. The third kappa shape index (κ3) is 4.38. The first-order valence-corrected chi connectivity index (χ1v) is 8.18. The zero-order valence-electron chi connectivity index (χ0n) is 14.3. The lowest BCUT2D eigenvalue weighted by atomic mass is 10.1. The Kier molecular flexibility index (Phi) is 5.48. The van der Waals surface area contributed by atoms with Crippen molar-refractivity contribution in [3.8, 4) is 11.5 Å². The Hall–Kier alpha value is -3.35. The monoisotopic (exact) mass is 353 g/mol. The van der Waals surface area contributed by atoms with Crippen LogP contribution in [-0.2, 0) is 9.59 Å². The summed E-state index contributed by atoms with van der Waals surface area (Å²) in [4.78, 5) is 24.0. The molecule has 134 valence electrons. The Morgan fingerprint density at radius 1 is 1.08 bits per heavy atom. The molecule has 0 saturated heterocycles. The first-order chi connectivity index (χ1) is 12.6. The zero-order valence-corrected chi connectivity index (χ0v) is 14.3. The Morgan fingerprint density at radius 2 is 1.77 bits per heavy atom. The number of para-hydroxylation sites is 2. The number of amides is 2.